The lowest BCUT2D eigenvalue weighted by atomic mass is 9.79. The molecule has 0 spiro atoms. The molecule has 4 rings (SSSR count). The lowest BCUT2D eigenvalue weighted by Gasteiger charge is -2.47. The zero-order valence-electron chi connectivity index (χ0n) is 23.2. The van der Waals surface area contributed by atoms with Crippen molar-refractivity contribution in [2.45, 2.75) is 70.3 Å². The van der Waals surface area contributed by atoms with Gasteiger partial charge in [0.1, 0.15) is 6.54 Å². The van der Waals surface area contributed by atoms with Crippen molar-refractivity contribution in [3.05, 3.63) is 35.9 Å². The quantitative estimate of drug-likeness (QED) is 0.396. The number of carbonyl (C=O) groups excluding carboxylic acids is 4. The van der Waals surface area contributed by atoms with Gasteiger partial charge in [0, 0.05) is 45.3 Å². The fourth-order valence-corrected chi connectivity index (χ4v) is 6.36. The normalized spacial score (nSPS) is 25.3. The smallest absolute Gasteiger partial charge is 0.327 e. The molecule has 9 nitrogen and oxygen atoms in total. The Morgan fingerprint density at radius 2 is 1.69 bits per heavy atom. The van der Waals surface area contributed by atoms with Gasteiger partial charge in [-0.05, 0) is 62.8 Å². The van der Waals surface area contributed by atoms with Crippen molar-refractivity contribution >= 4 is 23.8 Å². The molecule has 1 heterocycles. The molecule has 1 saturated heterocycles. The standard InChI is InChI=1S/C30H44N4O5/c1-39-19-7-17-31-27(35)21-33-26-11-6-5-10-25(26)29(37)34(30(33)38)20-23-12-14-24(15-13-23)28(36)32-18-16-22-8-3-2-4-9-22/h2-4,8-9,23-26H,5-7,10-21H2,1H3,(H,31,35)(H,32,36). The SMILES string of the molecule is COCCCNC(=O)CN1C(=O)N(CC2CCC(C(=O)NCCc3ccccc3)CC2)C(=O)C2CCCCC21. The van der Waals surface area contributed by atoms with Crippen LogP contribution in [0.3, 0.4) is 0 Å². The largest absolute Gasteiger partial charge is 0.385 e. The highest BCUT2D eigenvalue weighted by molar-refractivity contribution is 6.00. The minimum atomic E-state index is -0.337. The summed E-state index contributed by atoms with van der Waals surface area (Å²) in [6.07, 6.45) is 8.11. The van der Waals surface area contributed by atoms with E-state index in [-0.39, 0.29) is 54.1 Å². The van der Waals surface area contributed by atoms with Gasteiger partial charge >= 0.3 is 6.03 Å². The summed E-state index contributed by atoms with van der Waals surface area (Å²) in [6.45, 7) is 2.03. The van der Waals surface area contributed by atoms with E-state index < -0.39 is 0 Å². The maximum absolute atomic E-state index is 13.6. The second-order valence-corrected chi connectivity index (χ2v) is 11.3. The Hall–Kier alpha value is -2.94. The molecule has 3 fully saturated rings. The molecule has 0 bridgehead atoms. The third-order valence-electron chi connectivity index (χ3n) is 8.57. The van der Waals surface area contributed by atoms with Crippen molar-refractivity contribution in [3.8, 4) is 0 Å². The molecule has 1 aromatic carbocycles. The average molecular weight is 541 g/mol. The van der Waals surface area contributed by atoms with Crippen LogP contribution in [-0.4, -0.2) is 79.5 Å². The van der Waals surface area contributed by atoms with Crippen molar-refractivity contribution < 1.29 is 23.9 Å². The molecule has 0 radical (unpaired) electrons. The van der Waals surface area contributed by atoms with E-state index in [2.05, 4.69) is 22.8 Å². The van der Waals surface area contributed by atoms with Crippen LogP contribution in [0.5, 0.6) is 0 Å². The van der Waals surface area contributed by atoms with E-state index in [0.717, 1.165) is 57.8 Å². The third-order valence-corrected chi connectivity index (χ3v) is 8.57. The Balaban J connectivity index is 1.28. The number of hydrogen-bond donors (Lipinski definition) is 2. The molecule has 1 aromatic rings. The maximum atomic E-state index is 13.6. The van der Waals surface area contributed by atoms with Gasteiger partial charge in [0.15, 0.2) is 0 Å². The first-order valence-corrected chi connectivity index (χ1v) is 14.7. The van der Waals surface area contributed by atoms with E-state index in [1.54, 1.807) is 12.0 Å². The van der Waals surface area contributed by atoms with E-state index >= 15 is 0 Å². The van der Waals surface area contributed by atoms with Gasteiger partial charge in [-0.3, -0.25) is 19.3 Å². The van der Waals surface area contributed by atoms with Crippen molar-refractivity contribution in [2.24, 2.45) is 17.8 Å². The van der Waals surface area contributed by atoms with Gasteiger partial charge in [-0.1, -0.05) is 43.2 Å². The number of nitrogens with zero attached hydrogens (tertiary/aromatic N) is 2. The second kappa shape index (κ2) is 14.4. The summed E-state index contributed by atoms with van der Waals surface area (Å²) in [6, 6.07) is 9.58. The molecule has 0 aromatic heterocycles. The molecule has 5 amide bonds. The molecule has 214 valence electrons. The number of ether oxygens (including phenoxy) is 1. The number of methoxy groups -OCH3 is 1. The lowest BCUT2D eigenvalue weighted by molar-refractivity contribution is -0.143. The number of amides is 5. The fraction of sp³-hybridized carbons (Fsp3) is 0.667. The van der Waals surface area contributed by atoms with Crippen molar-refractivity contribution in [2.75, 3.05) is 39.9 Å². The summed E-state index contributed by atoms with van der Waals surface area (Å²) in [7, 11) is 1.62. The summed E-state index contributed by atoms with van der Waals surface area (Å²) in [5, 5.41) is 5.95. The van der Waals surface area contributed by atoms with Crippen LogP contribution in [0.25, 0.3) is 0 Å². The summed E-state index contributed by atoms with van der Waals surface area (Å²) in [4.78, 5) is 55.4. The molecular formula is C30H44N4O5. The van der Waals surface area contributed by atoms with E-state index in [1.807, 2.05) is 18.2 Å². The second-order valence-electron chi connectivity index (χ2n) is 11.3. The van der Waals surface area contributed by atoms with Gasteiger partial charge < -0.3 is 20.3 Å². The molecule has 1 aliphatic heterocycles. The molecule has 39 heavy (non-hydrogen) atoms. The summed E-state index contributed by atoms with van der Waals surface area (Å²) in [5.74, 6) is -0.257. The summed E-state index contributed by atoms with van der Waals surface area (Å²) >= 11 is 0. The van der Waals surface area contributed by atoms with Crippen molar-refractivity contribution in [3.63, 3.8) is 0 Å². The number of urea groups is 1. The van der Waals surface area contributed by atoms with Crippen LogP contribution in [0.15, 0.2) is 30.3 Å². The minimum absolute atomic E-state index is 0.0212. The predicted molar refractivity (Wildman–Crippen MR) is 148 cm³/mol. The zero-order chi connectivity index (χ0) is 27.6. The number of hydrogen-bond acceptors (Lipinski definition) is 5. The van der Waals surface area contributed by atoms with Gasteiger partial charge in [0.05, 0.1) is 5.92 Å². The number of rotatable bonds is 12. The lowest BCUT2D eigenvalue weighted by Crippen LogP contribution is -2.64. The number of fused-ring (bicyclic) bond motifs is 1. The molecule has 2 aliphatic carbocycles. The average Bonchev–Trinajstić information content (AvgIpc) is 2.96. The molecule has 2 saturated carbocycles. The number of carbonyl (C=O) groups is 4. The summed E-state index contributed by atoms with van der Waals surface area (Å²) < 4.78 is 5.03. The van der Waals surface area contributed by atoms with Crippen LogP contribution in [0.4, 0.5) is 4.79 Å². The van der Waals surface area contributed by atoms with Gasteiger partial charge in [-0.2, -0.15) is 0 Å². The maximum Gasteiger partial charge on any atom is 0.327 e. The number of nitrogens with one attached hydrogen (secondary N) is 2. The van der Waals surface area contributed by atoms with E-state index in [0.29, 0.717) is 32.7 Å². The highest BCUT2D eigenvalue weighted by Gasteiger charge is 2.48. The molecule has 2 atom stereocenters. The monoisotopic (exact) mass is 540 g/mol. The summed E-state index contributed by atoms with van der Waals surface area (Å²) in [5.41, 5.74) is 1.20. The van der Waals surface area contributed by atoms with E-state index in [4.69, 9.17) is 4.74 Å². The van der Waals surface area contributed by atoms with Crippen LogP contribution >= 0.6 is 0 Å². The molecular weight excluding hydrogens is 496 g/mol. The molecule has 9 heteroatoms. The Morgan fingerprint density at radius 3 is 2.44 bits per heavy atom. The predicted octanol–water partition coefficient (Wildman–Crippen LogP) is 3.13. The highest BCUT2D eigenvalue weighted by atomic mass is 16.5. The topological polar surface area (TPSA) is 108 Å². The first-order chi connectivity index (χ1) is 19.0. The van der Waals surface area contributed by atoms with Crippen LogP contribution in [-0.2, 0) is 25.5 Å². The van der Waals surface area contributed by atoms with Gasteiger partial charge in [-0.15, -0.1) is 0 Å². The number of imide groups is 1. The van der Waals surface area contributed by atoms with Gasteiger partial charge in [-0.25, -0.2) is 4.79 Å². The van der Waals surface area contributed by atoms with Crippen LogP contribution < -0.4 is 10.6 Å². The van der Waals surface area contributed by atoms with Crippen LogP contribution in [0.1, 0.15) is 63.4 Å². The van der Waals surface area contributed by atoms with Crippen molar-refractivity contribution in [1.29, 1.82) is 0 Å². The van der Waals surface area contributed by atoms with Gasteiger partial charge in [0.25, 0.3) is 0 Å². The highest BCUT2D eigenvalue weighted by Crippen LogP contribution is 2.36. The third kappa shape index (κ3) is 7.81. The van der Waals surface area contributed by atoms with Crippen molar-refractivity contribution in [1.82, 2.24) is 20.4 Å². The van der Waals surface area contributed by atoms with E-state index in [9.17, 15) is 19.2 Å². The van der Waals surface area contributed by atoms with Crippen LogP contribution in [0, 0.1) is 17.8 Å². The Kier molecular flexibility index (Phi) is 10.8. The van der Waals surface area contributed by atoms with Crippen LogP contribution in [0.2, 0.25) is 0 Å². The van der Waals surface area contributed by atoms with Gasteiger partial charge in [0.2, 0.25) is 17.7 Å². The Labute approximate surface area is 232 Å². The first-order valence-electron chi connectivity index (χ1n) is 14.7. The van der Waals surface area contributed by atoms with E-state index in [1.165, 1.54) is 10.5 Å². The number of benzene rings is 1. The zero-order valence-corrected chi connectivity index (χ0v) is 23.2. The Morgan fingerprint density at radius 1 is 0.949 bits per heavy atom. The molecule has 2 N–H and O–H groups in total. The minimum Gasteiger partial charge on any atom is -0.385 e. The first kappa shape index (κ1) is 29.1. The fourth-order valence-electron chi connectivity index (χ4n) is 6.36. The molecule has 3 aliphatic rings. The Bertz CT molecular complexity index is 979. The molecule has 2 unspecified atom stereocenters.